The van der Waals surface area contributed by atoms with Crippen molar-refractivity contribution in [3.8, 4) is 0 Å². The van der Waals surface area contributed by atoms with Crippen molar-refractivity contribution in [2.45, 2.75) is 4.90 Å². The summed E-state index contributed by atoms with van der Waals surface area (Å²) >= 11 is 7.60. The zero-order chi connectivity index (χ0) is 18.6. The van der Waals surface area contributed by atoms with Crippen LogP contribution in [0, 0.1) is 0 Å². The highest BCUT2D eigenvalue weighted by atomic mass is 35.5. The lowest BCUT2D eigenvalue weighted by Gasteiger charge is -2.18. The van der Waals surface area contributed by atoms with Gasteiger partial charge >= 0.3 is 0 Å². The summed E-state index contributed by atoms with van der Waals surface area (Å²) in [6, 6.07) is 26.8. The molecular formula is C22H15ClN2OS. The van der Waals surface area contributed by atoms with Crippen LogP contribution in [-0.2, 0) is 4.79 Å². The van der Waals surface area contributed by atoms with E-state index in [9.17, 15) is 4.79 Å². The van der Waals surface area contributed by atoms with Crippen LogP contribution in [0.5, 0.6) is 0 Å². The van der Waals surface area contributed by atoms with E-state index in [2.05, 4.69) is 4.99 Å². The number of amidine groups is 1. The third-order valence-corrected chi connectivity index (χ3v) is 5.15. The number of carbonyl (C=O) groups excluding carboxylic acids is 1. The predicted molar refractivity (Wildman–Crippen MR) is 113 cm³/mol. The third kappa shape index (κ3) is 3.97. The Morgan fingerprint density at radius 2 is 1.59 bits per heavy atom. The molecule has 5 heteroatoms. The second-order valence-electron chi connectivity index (χ2n) is 5.87. The summed E-state index contributed by atoms with van der Waals surface area (Å²) in [5.41, 5.74) is 2.03. The minimum atomic E-state index is -0.167. The standard InChI is InChI=1S/C22H15ClN2OS/c23-17-10-7-11-18(15-17)25-21(26)20(14-16-8-3-1-4-9-16)24-22(25)27-19-12-5-2-6-13-19/h1-15H. The normalized spacial score (nSPS) is 15.3. The molecule has 0 fully saturated rings. The van der Waals surface area contributed by atoms with Gasteiger partial charge < -0.3 is 0 Å². The Morgan fingerprint density at radius 1 is 0.889 bits per heavy atom. The fourth-order valence-electron chi connectivity index (χ4n) is 2.71. The number of hydrogen-bond acceptors (Lipinski definition) is 3. The molecule has 0 N–H and O–H groups in total. The summed E-state index contributed by atoms with van der Waals surface area (Å²) in [4.78, 5) is 20.4. The highest BCUT2D eigenvalue weighted by Crippen LogP contribution is 2.33. The molecule has 1 aliphatic rings. The molecule has 3 nitrogen and oxygen atoms in total. The van der Waals surface area contributed by atoms with Crippen molar-refractivity contribution >= 4 is 46.2 Å². The Bertz CT molecular complexity index is 1030. The quantitative estimate of drug-likeness (QED) is 0.523. The topological polar surface area (TPSA) is 32.7 Å². The number of carbonyl (C=O) groups is 1. The molecule has 0 radical (unpaired) electrons. The number of hydrogen-bond donors (Lipinski definition) is 0. The van der Waals surface area contributed by atoms with E-state index in [0.717, 1.165) is 10.5 Å². The van der Waals surface area contributed by atoms with Crippen LogP contribution in [0.25, 0.3) is 6.08 Å². The van der Waals surface area contributed by atoms with Gasteiger partial charge in [0.2, 0.25) is 0 Å². The first-order valence-corrected chi connectivity index (χ1v) is 9.58. The van der Waals surface area contributed by atoms with Crippen LogP contribution in [0.3, 0.4) is 0 Å². The molecule has 1 heterocycles. The van der Waals surface area contributed by atoms with Crippen LogP contribution >= 0.6 is 23.4 Å². The second kappa shape index (κ2) is 7.82. The van der Waals surface area contributed by atoms with E-state index in [-0.39, 0.29) is 5.91 Å². The molecule has 3 aromatic rings. The average molecular weight is 391 g/mol. The van der Waals surface area contributed by atoms with E-state index < -0.39 is 0 Å². The number of rotatable bonds is 3. The van der Waals surface area contributed by atoms with Crippen molar-refractivity contribution in [2.75, 3.05) is 4.90 Å². The maximum atomic E-state index is 13.1. The molecule has 0 saturated heterocycles. The van der Waals surface area contributed by atoms with Crippen molar-refractivity contribution in [3.05, 3.63) is 101 Å². The van der Waals surface area contributed by atoms with Gasteiger partial charge in [-0.05, 0) is 42.0 Å². The summed E-state index contributed by atoms with van der Waals surface area (Å²) in [5, 5.41) is 1.18. The fourth-order valence-corrected chi connectivity index (χ4v) is 3.82. The maximum Gasteiger partial charge on any atom is 0.283 e. The lowest BCUT2D eigenvalue weighted by molar-refractivity contribution is -0.113. The Hall–Kier alpha value is -2.82. The molecule has 0 spiro atoms. The van der Waals surface area contributed by atoms with Gasteiger partial charge in [0.05, 0.1) is 5.69 Å². The number of anilines is 1. The van der Waals surface area contributed by atoms with Gasteiger partial charge in [-0.25, -0.2) is 4.99 Å². The molecular weight excluding hydrogens is 376 g/mol. The Balaban J connectivity index is 1.75. The van der Waals surface area contributed by atoms with Crippen LogP contribution in [0.2, 0.25) is 5.02 Å². The zero-order valence-corrected chi connectivity index (χ0v) is 15.8. The molecule has 3 aromatic carbocycles. The first-order valence-electron chi connectivity index (χ1n) is 8.39. The van der Waals surface area contributed by atoms with Gasteiger partial charge in [0.1, 0.15) is 5.70 Å². The second-order valence-corrected chi connectivity index (χ2v) is 7.35. The minimum Gasteiger partial charge on any atom is -0.266 e. The van der Waals surface area contributed by atoms with Crippen molar-refractivity contribution in [2.24, 2.45) is 4.99 Å². The largest absolute Gasteiger partial charge is 0.283 e. The summed E-state index contributed by atoms with van der Waals surface area (Å²) in [6.07, 6.45) is 1.80. The first kappa shape index (κ1) is 17.6. The van der Waals surface area contributed by atoms with E-state index in [0.29, 0.717) is 21.6 Å². The van der Waals surface area contributed by atoms with Crippen molar-refractivity contribution in [1.29, 1.82) is 0 Å². The van der Waals surface area contributed by atoms with E-state index in [1.807, 2.05) is 72.8 Å². The molecule has 132 valence electrons. The molecule has 0 aliphatic carbocycles. The Kier molecular flexibility index (Phi) is 5.10. The van der Waals surface area contributed by atoms with Crippen LogP contribution < -0.4 is 4.90 Å². The molecule has 1 amide bonds. The van der Waals surface area contributed by atoms with Gasteiger partial charge in [-0.2, -0.15) is 0 Å². The number of aliphatic imine (C=N–C) groups is 1. The molecule has 1 aliphatic heterocycles. The summed E-state index contributed by atoms with van der Waals surface area (Å²) in [5.74, 6) is -0.167. The van der Waals surface area contributed by atoms with Crippen molar-refractivity contribution < 1.29 is 4.79 Å². The summed E-state index contributed by atoms with van der Waals surface area (Å²) in [7, 11) is 0. The van der Waals surface area contributed by atoms with E-state index in [1.165, 1.54) is 11.8 Å². The number of amides is 1. The first-order chi connectivity index (χ1) is 13.2. The number of thioether (sulfide) groups is 1. The van der Waals surface area contributed by atoms with Crippen LogP contribution in [-0.4, -0.2) is 11.1 Å². The van der Waals surface area contributed by atoms with Gasteiger partial charge in [-0.3, -0.25) is 9.69 Å². The summed E-state index contributed by atoms with van der Waals surface area (Å²) in [6.45, 7) is 0. The lowest BCUT2D eigenvalue weighted by Crippen LogP contribution is -2.30. The number of benzene rings is 3. The highest BCUT2D eigenvalue weighted by Gasteiger charge is 2.32. The smallest absolute Gasteiger partial charge is 0.266 e. The SMILES string of the molecule is O=C1C(=Cc2ccccc2)N=C(Sc2ccccc2)N1c1cccc(Cl)c1. The van der Waals surface area contributed by atoms with Gasteiger partial charge in [-0.15, -0.1) is 0 Å². The van der Waals surface area contributed by atoms with Gasteiger partial charge in [0.15, 0.2) is 5.17 Å². The third-order valence-electron chi connectivity index (χ3n) is 3.95. The molecule has 0 atom stereocenters. The summed E-state index contributed by atoms with van der Waals surface area (Å²) < 4.78 is 0. The average Bonchev–Trinajstić information content (AvgIpc) is 2.98. The maximum absolute atomic E-state index is 13.1. The highest BCUT2D eigenvalue weighted by molar-refractivity contribution is 8.14. The zero-order valence-electron chi connectivity index (χ0n) is 14.2. The van der Waals surface area contributed by atoms with Gasteiger partial charge in [0.25, 0.3) is 5.91 Å². The molecule has 0 bridgehead atoms. The van der Waals surface area contributed by atoms with Crippen molar-refractivity contribution in [3.63, 3.8) is 0 Å². The number of halogens is 1. The molecule has 0 saturated carbocycles. The fraction of sp³-hybridized carbons (Fsp3) is 0. The van der Waals surface area contributed by atoms with Gasteiger partial charge in [-0.1, -0.05) is 78.0 Å². The predicted octanol–water partition coefficient (Wildman–Crippen LogP) is 5.88. The monoisotopic (exact) mass is 390 g/mol. The molecule has 0 aromatic heterocycles. The molecule has 27 heavy (non-hydrogen) atoms. The van der Waals surface area contributed by atoms with E-state index >= 15 is 0 Å². The van der Waals surface area contributed by atoms with E-state index in [1.54, 1.807) is 23.1 Å². The van der Waals surface area contributed by atoms with Crippen LogP contribution in [0.1, 0.15) is 5.56 Å². The molecule has 0 unspecified atom stereocenters. The van der Waals surface area contributed by atoms with Gasteiger partial charge in [0, 0.05) is 9.92 Å². The van der Waals surface area contributed by atoms with E-state index in [4.69, 9.17) is 11.6 Å². The Labute approximate surface area is 167 Å². The number of nitrogens with zero attached hydrogens (tertiary/aromatic N) is 2. The lowest BCUT2D eigenvalue weighted by atomic mass is 10.2. The van der Waals surface area contributed by atoms with Crippen molar-refractivity contribution in [1.82, 2.24) is 0 Å². The van der Waals surface area contributed by atoms with Crippen LogP contribution in [0.4, 0.5) is 5.69 Å². The van der Waals surface area contributed by atoms with Crippen LogP contribution in [0.15, 0.2) is 101 Å². The molecule has 4 rings (SSSR count). The Morgan fingerprint density at radius 3 is 2.30 bits per heavy atom. The minimum absolute atomic E-state index is 0.167.